The molecule has 1 heteroatoms. The van der Waals surface area contributed by atoms with Crippen LogP contribution >= 0.6 is 0 Å². The first kappa shape index (κ1) is 11.7. The summed E-state index contributed by atoms with van der Waals surface area (Å²) in [6.07, 6.45) is 1.35. The van der Waals surface area contributed by atoms with Crippen LogP contribution in [0.25, 0.3) is 0 Å². The molecular weight excluding hydrogens is 184 g/mol. The first-order chi connectivity index (χ1) is 7.15. The number of Topliss-reactive ketones (excluding diaryl/α,β-unsaturated/α-hetero) is 1. The Bertz CT molecular complexity index is 338. The Labute approximate surface area is 91.8 Å². The van der Waals surface area contributed by atoms with Crippen molar-refractivity contribution in [3.63, 3.8) is 0 Å². The molecule has 0 saturated heterocycles. The number of benzene rings is 1. The maximum Gasteiger partial charge on any atom is 0.140 e. The lowest BCUT2D eigenvalue weighted by Gasteiger charge is -2.15. The summed E-state index contributed by atoms with van der Waals surface area (Å²) >= 11 is 0. The van der Waals surface area contributed by atoms with Crippen LogP contribution in [0.5, 0.6) is 0 Å². The number of hydrogen-bond donors (Lipinski definition) is 0. The summed E-state index contributed by atoms with van der Waals surface area (Å²) in [5, 5.41) is 0. The number of allylic oxidation sites excluding steroid dienone is 1. The molecule has 1 rings (SSSR count). The van der Waals surface area contributed by atoms with Crippen molar-refractivity contribution in [2.75, 3.05) is 0 Å². The van der Waals surface area contributed by atoms with Gasteiger partial charge in [-0.05, 0) is 18.9 Å². The van der Waals surface area contributed by atoms with E-state index in [1.165, 1.54) is 0 Å². The summed E-state index contributed by atoms with van der Waals surface area (Å²) in [5.41, 5.74) is 2.16. The maximum atomic E-state index is 11.8. The molecule has 0 radical (unpaired) electrons. The van der Waals surface area contributed by atoms with Crippen molar-refractivity contribution in [2.24, 2.45) is 0 Å². The number of hydrogen-bond acceptors (Lipinski definition) is 1. The van der Waals surface area contributed by atoms with Crippen LogP contribution in [0, 0.1) is 0 Å². The van der Waals surface area contributed by atoms with Crippen LogP contribution in [0.15, 0.2) is 42.5 Å². The Morgan fingerprint density at radius 3 is 2.40 bits per heavy atom. The second kappa shape index (κ2) is 5.50. The van der Waals surface area contributed by atoms with Crippen LogP contribution < -0.4 is 0 Å². The van der Waals surface area contributed by atoms with E-state index in [0.717, 1.165) is 17.6 Å². The third-order valence-corrected chi connectivity index (χ3v) is 2.49. The third-order valence-electron chi connectivity index (χ3n) is 2.49. The van der Waals surface area contributed by atoms with E-state index < -0.39 is 0 Å². The lowest BCUT2D eigenvalue weighted by Crippen LogP contribution is -2.11. The molecule has 0 aliphatic carbocycles. The number of carbonyl (C=O) groups is 1. The van der Waals surface area contributed by atoms with Gasteiger partial charge in [0, 0.05) is 12.3 Å². The molecule has 1 unspecified atom stereocenters. The van der Waals surface area contributed by atoms with Crippen LogP contribution in [0.2, 0.25) is 0 Å². The molecule has 0 amide bonds. The molecule has 0 N–H and O–H groups in total. The molecule has 0 aliphatic heterocycles. The van der Waals surface area contributed by atoms with Gasteiger partial charge < -0.3 is 0 Å². The van der Waals surface area contributed by atoms with Crippen molar-refractivity contribution in [3.05, 3.63) is 48.0 Å². The van der Waals surface area contributed by atoms with Gasteiger partial charge in [-0.1, -0.05) is 42.8 Å². The highest BCUT2D eigenvalue weighted by Gasteiger charge is 2.18. The highest BCUT2D eigenvalue weighted by Crippen LogP contribution is 2.24. The zero-order valence-electron chi connectivity index (χ0n) is 9.49. The van der Waals surface area contributed by atoms with E-state index in [0.29, 0.717) is 12.2 Å². The molecule has 1 aromatic carbocycles. The molecule has 0 bridgehead atoms. The van der Waals surface area contributed by atoms with Crippen molar-refractivity contribution in [3.8, 4) is 0 Å². The monoisotopic (exact) mass is 202 g/mol. The van der Waals surface area contributed by atoms with E-state index in [4.69, 9.17) is 0 Å². The average Bonchev–Trinajstić information content (AvgIpc) is 2.26. The minimum Gasteiger partial charge on any atom is -0.299 e. The average molecular weight is 202 g/mol. The van der Waals surface area contributed by atoms with E-state index >= 15 is 0 Å². The number of ketones is 1. The largest absolute Gasteiger partial charge is 0.299 e. The molecule has 0 fully saturated rings. The normalized spacial score (nSPS) is 12.1. The minimum atomic E-state index is -0.00583. The molecule has 0 aliphatic rings. The van der Waals surface area contributed by atoms with Gasteiger partial charge >= 0.3 is 0 Å². The van der Waals surface area contributed by atoms with Gasteiger partial charge in [0.2, 0.25) is 0 Å². The van der Waals surface area contributed by atoms with Crippen molar-refractivity contribution >= 4 is 5.78 Å². The molecule has 1 nitrogen and oxygen atoms in total. The summed E-state index contributed by atoms with van der Waals surface area (Å²) in [6, 6.07) is 9.95. The Hall–Kier alpha value is -1.37. The van der Waals surface area contributed by atoms with Crippen molar-refractivity contribution < 1.29 is 4.79 Å². The van der Waals surface area contributed by atoms with Crippen LogP contribution in [0.4, 0.5) is 0 Å². The Morgan fingerprint density at radius 2 is 1.93 bits per heavy atom. The Balaban J connectivity index is 2.91. The maximum absolute atomic E-state index is 11.8. The van der Waals surface area contributed by atoms with E-state index in [-0.39, 0.29) is 5.92 Å². The van der Waals surface area contributed by atoms with E-state index in [1.807, 2.05) is 44.2 Å². The van der Waals surface area contributed by atoms with Gasteiger partial charge in [-0.15, -0.1) is 6.58 Å². The fraction of sp³-hybridized carbons (Fsp3) is 0.357. The Morgan fingerprint density at radius 1 is 1.33 bits per heavy atom. The molecule has 80 valence electrons. The summed E-state index contributed by atoms with van der Waals surface area (Å²) in [4.78, 5) is 11.8. The number of carbonyl (C=O) groups excluding carboxylic acids is 1. The molecule has 0 aromatic heterocycles. The summed E-state index contributed by atoms with van der Waals surface area (Å²) in [5.74, 6) is 0.290. The van der Waals surface area contributed by atoms with Crippen molar-refractivity contribution in [1.82, 2.24) is 0 Å². The summed E-state index contributed by atoms with van der Waals surface area (Å²) < 4.78 is 0. The van der Waals surface area contributed by atoms with Crippen LogP contribution in [-0.2, 0) is 4.79 Å². The van der Waals surface area contributed by atoms with Gasteiger partial charge in [0.25, 0.3) is 0 Å². The van der Waals surface area contributed by atoms with Gasteiger partial charge in [0.1, 0.15) is 5.78 Å². The molecule has 0 saturated carbocycles. The van der Waals surface area contributed by atoms with E-state index in [2.05, 4.69) is 6.58 Å². The SMILES string of the molecule is C=C(C)CC(C(=O)CC)c1ccccc1. The fourth-order valence-electron chi connectivity index (χ4n) is 1.70. The highest BCUT2D eigenvalue weighted by molar-refractivity contribution is 5.85. The van der Waals surface area contributed by atoms with Crippen molar-refractivity contribution in [1.29, 1.82) is 0 Å². The predicted molar refractivity (Wildman–Crippen MR) is 63.9 cm³/mol. The molecule has 15 heavy (non-hydrogen) atoms. The van der Waals surface area contributed by atoms with E-state index in [1.54, 1.807) is 0 Å². The quantitative estimate of drug-likeness (QED) is 0.665. The van der Waals surface area contributed by atoms with Gasteiger partial charge in [0.15, 0.2) is 0 Å². The fourth-order valence-corrected chi connectivity index (χ4v) is 1.70. The summed E-state index contributed by atoms with van der Waals surface area (Å²) in [6.45, 7) is 7.77. The summed E-state index contributed by atoms with van der Waals surface area (Å²) in [7, 11) is 0. The first-order valence-electron chi connectivity index (χ1n) is 5.37. The van der Waals surface area contributed by atoms with Gasteiger partial charge in [-0.25, -0.2) is 0 Å². The highest BCUT2D eigenvalue weighted by atomic mass is 16.1. The lowest BCUT2D eigenvalue weighted by molar-refractivity contribution is -0.120. The van der Waals surface area contributed by atoms with Crippen LogP contribution in [0.3, 0.4) is 0 Å². The molecule has 0 heterocycles. The lowest BCUT2D eigenvalue weighted by atomic mass is 9.88. The zero-order chi connectivity index (χ0) is 11.3. The third kappa shape index (κ3) is 3.35. The molecule has 1 atom stereocenters. The predicted octanol–water partition coefficient (Wildman–Crippen LogP) is 3.72. The van der Waals surface area contributed by atoms with Crippen molar-refractivity contribution in [2.45, 2.75) is 32.6 Å². The second-order valence-electron chi connectivity index (χ2n) is 3.94. The minimum absolute atomic E-state index is 0.00583. The molecule has 0 spiro atoms. The second-order valence-corrected chi connectivity index (χ2v) is 3.94. The first-order valence-corrected chi connectivity index (χ1v) is 5.37. The van der Waals surface area contributed by atoms with Gasteiger partial charge in [-0.2, -0.15) is 0 Å². The van der Waals surface area contributed by atoms with E-state index in [9.17, 15) is 4.79 Å². The smallest absolute Gasteiger partial charge is 0.140 e. The van der Waals surface area contributed by atoms with Crippen LogP contribution in [-0.4, -0.2) is 5.78 Å². The van der Waals surface area contributed by atoms with Crippen LogP contribution in [0.1, 0.15) is 38.2 Å². The zero-order valence-corrected chi connectivity index (χ0v) is 9.49. The molecule has 1 aromatic rings. The van der Waals surface area contributed by atoms with Gasteiger partial charge in [-0.3, -0.25) is 4.79 Å². The molecular formula is C14H18O. The Kier molecular flexibility index (Phi) is 4.29. The number of rotatable bonds is 5. The standard InChI is InChI=1S/C14H18O/c1-4-14(15)13(10-11(2)3)12-8-6-5-7-9-12/h5-9,13H,2,4,10H2,1,3H3. The van der Waals surface area contributed by atoms with Gasteiger partial charge in [0.05, 0.1) is 0 Å². The topological polar surface area (TPSA) is 17.1 Å².